The Labute approximate surface area is 95.3 Å². The van der Waals surface area contributed by atoms with Gasteiger partial charge >= 0.3 is 0 Å². The van der Waals surface area contributed by atoms with Crippen LogP contribution in [0.15, 0.2) is 28.9 Å². The molecule has 1 N–H and O–H groups in total. The number of nitrogens with one attached hydrogen (secondary N) is 1. The van der Waals surface area contributed by atoms with E-state index in [4.69, 9.17) is 4.42 Å². The largest absolute Gasteiger partial charge is 0.464 e. The van der Waals surface area contributed by atoms with Crippen molar-refractivity contribution in [1.82, 2.24) is 15.1 Å². The molecule has 2 aromatic rings. The van der Waals surface area contributed by atoms with Crippen LogP contribution in [-0.2, 0) is 6.54 Å². The van der Waals surface area contributed by atoms with E-state index in [1.54, 1.807) is 0 Å². The predicted octanol–water partition coefficient (Wildman–Crippen LogP) is 2.11. The molecule has 0 saturated heterocycles. The first-order valence-corrected chi connectivity index (χ1v) is 5.50. The lowest BCUT2D eigenvalue weighted by Gasteiger charge is -2.11. The Morgan fingerprint density at radius 1 is 1.50 bits per heavy atom. The Morgan fingerprint density at radius 3 is 2.81 bits per heavy atom. The smallest absolute Gasteiger partial charge is 0.125 e. The van der Waals surface area contributed by atoms with Crippen LogP contribution < -0.4 is 5.32 Å². The van der Waals surface area contributed by atoms with Crippen molar-refractivity contribution in [3.8, 4) is 0 Å². The molecular formula is C12H17N3O. The van der Waals surface area contributed by atoms with Crippen LogP contribution >= 0.6 is 0 Å². The zero-order valence-electron chi connectivity index (χ0n) is 9.90. The molecule has 86 valence electrons. The van der Waals surface area contributed by atoms with Gasteiger partial charge in [-0.25, -0.2) is 0 Å². The van der Waals surface area contributed by atoms with Crippen molar-refractivity contribution < 1.29 is 4.42 Å². The highest BCUT2D eigenvalue weighted by Gasteiger charge is 2.16. The predicted molar refractivity (Wildman–Crippen MR) is 62.2 cm³/mol. The van der Waals surface area contributed by atoms with E-state index in [2.05, 4.69) is 17.3 Å². The summed E-state index contributed by atoms with van der Waals surface area (Å²) in [6.45, 7) is 4.90. The fourth-order valence-corrected chi connectivity index (χ4v) is 1.78. The molecule has 0 aromatic carbocycles. The molecule has 4 heteroatoms. The first-order chi connectivity index (χ1) is 7.74. The zero-order valence-corrected chi connectivity index (χ0v) is 9.90. The third-order valence-corrected chi connectivity index (χ3v) is 2.64. The highest BCUT2D eigenvalue weighted by Crippen LogP contribution is 2.22. The Kier molecular flexibility index (Phi) is 3.10. The summed E-state index contributed by atoms with van der Waals surface area (Å²) in [6, 6.07) is 4.05. The zero-order chi connectivity index (χ0) is 11.5. The van der Waals surface area contributed by atoms with Gasteiger partial charge in [0.1, 0.15) is 11.5 Å². The van der Waals surface area contributed by atoms with Crippen LogP contribution in [0.5, 0.6) is 0 Å². The number of aryl methyl sites for hydroxylation is 2. The van der Waals surface area contributed by atoms with Gasteiger partial charge in [0, 0.05) is 18.3 Å². The normalized spacial score (nSPS) is 12.9. The summed E-state index contributed by atoms with van der Waals surface area (Å²) in [4.78, 5) is 0. The van der Waals surface area contributed by atoms with Gasteiger partial charge in [-0.15, -0.1) is 0 Å². The van der Waals surface area contributed by atoms with Crippen LogP contribution in [0.25, 0.3) is 0 Å². The summed E-state index contributed by atoms with van der Waals surface area (Å²) in [5.74, 6) is 1.86. The first kappa shape index (κ1) is 11.0. The average Bonchev–Trinajstić information content (AvgIpc) is 2.89. The van der Waals surface area contributed by atoms with E-state index in [1.807, 2.05) is 43.2 Å². The monoisotopic (exact) mass is 219 g/mol. The number of nitrogens with zero attached hydrogens (tertiary/aromatic N) is 2. The Balaban J connectivity index is 2.28. The maximum Gasteiger partial charge on any atom is 0.125 e. The summed E-state index contributed by atoms with van der Waals surface area (Å²) in [7, 11) is 1.92. The molecule has 2 rings (SSSR count). The fraction of sp³-hybridized carbons (Fsp3) is 0.417. The molecule has 0 saturated carbocycles. The molecule has 0 radical (unpaired) electrons. The topological polar surface area (TPSA) is 43.0 Å². The van der Waals surface area contributed by atoms with Crippen molar-refractivity contribution >= 4 is 0 Å². The highest BCUT2D eigenvalue weighted by atomic mass is 16.3. The maximum absolute atomic E-state index is 5.63. The minimum Gasteiger partial charge on any atom is -0.464 e. The summed E-state index contributed by atoms with van der Waals surface area (Å²) >= 11 is 0. The Hall–Kier alpha value is -1.55. The molecule has 0 fully saturated rings. The number of furan rings is 1. The van der Waals surface area contributed by atoms with Crippen LogP contribution in [-0.4, -0.2) is 16.8 Å². The quantitative estimate of drug-likeness (QED) is 0.856. The molecule has 0 bridgehead atoms. The van der Waals surface area contributed by atoms with E-state index in [9.17, 15) is 0 Å². The van der Waals surface area contributed by atoms with Crippen molar-refractivity contribution in [1.29, 1.82) is 0 Å². The maximum atomic E-state index is 5.63. The minimum absolute atomic E-state index is 0.0778. The number of aromatic nitrogens is 2. The standard InChI is InChI=1S/C12H17N3O/c1-4-15-8-10(7-14-15)12(13-3)11-6-5-9(2)16-11/h5-8,12-13H,4H2,1-3H3. The van der Waals surface area contributed by atoms with Gasteiger partial charge in [0.25, 0.3) is 0 Å². The van der Waals surface area contributed by atoms with Gasteiger partial charge in [-0.2, -0.15) is 5.10 Å². The second kappa shape index (κ2) is 4.53. The van der Waals surface area contributed by atoms with Crippen molar-refractivity contribution in [3.05, 3.63) is 41.6 Å². The molecule has 0 spiro atoms. The van der Waals surface area contributed by atoms with E-state index in [-0.39, 0.29) is 6.04 Å². The van der Waals surface area contributed by atoms with Gasteiger partial charge < -0.3 is 9.73 Å². The van der Waals surface area contributed by atoms with Crippen LogP contribution in [0.4, 0.5) is 0 Å². The van der Waals surface area contributed by atoms with Gasteiger partial charge in [0.15, 0.2) is 0 Å². The molecule has 4 nitrogen and oxygen atoms in total. The molecule has 2 heterocycles. The van der Waals surface area contributed by atoms with Gasteiger partial charge in [-0.1, -0.05) is 0 Å². The number of hydrogen-bond donors (Lipinski definition) is 1. The Bertz CT molecular complexity index is 458. The van der Waals surface area contributed by atoms with Crippen LogP contribution in [0.3, 0.4) is 0 Å². The first-order valence-electron chi connectivity index (χ1n) is 5.50. The van der Waals surface area contributed by atoms with E-state index in [1.165, 1.54) is 0 Å². The lowest BCUT2D eigenvalue weighted by Crippen LogP contribution is -2.16. The molecule has 0 aliphatic heterocycles. The van der Waals surface area contributed by atoms with Gasteiger partial charge in [0.05, 0.1) is 12.2 Å². The highest BCUT2D eigenvalue weighted by molar-refractivity contribution is 5.23. The van der Waals surface area contributed by atoms with Crippen molar-refractivity contribution in [2.75, 3.05) is 7.05 Å². The summed E-state index contributed by atoms with van der Waals surface area (Å²) in [5, 5.41) is 7.51. The molecule has 1 atom stereocenters. The van der Waals surface area contributed by atoms with Gasteiger partial charge in [-0.3, -0.25) is 4.68 Å². The molecule has 2 aromatic heterocycles. The van der Waals surface area contributed by atoms with Crippen LogP contribution in [0.2, 0.25) is 0 Å². The second-order valence-corrected chi connectivity index (χ2v) is 3.80. The Morgan fingerprint density at radius 2 is 2.31 bits per heavy atom. The van der Waals surface area contributed by atoms with E-state index < -0.39 is 0 Å². The van der Waals surface area contributed by atoms with Crippen molar-refractivity contribution in [2.24, 2.45) is 0 Å². The van der Waals surface area contributed by atoms with Gasteiger partial charge in [-0.05, 0) is 33.0 Å². The third kappa shape index (κ3) is 2.02. The lowest BCUT2D eigenvalue weighted by molar-refractivity contribution is 0.444. The SMILES string of the molecule is CCn1cc(C(NC)c2ccc(C)o2)cn1. The average molecular weight is 219 g/mol. The summed E-state index contributed by atoms with van der Waals surface area (Å²) < 4.78 is 7.55. The summed E-state index contributed by atoms with van der Waals surface area (Å²) in [6.07, 6.45) is 3.92. The number of rotatable bonds is 4. The van der Waals surface area contributed by atoms with Crippen molar-refractivity contribution in [2.45, 2.75) is 26.4 Å². The van der Waals surface area contributed by atoms with E-state index in [0.717, 1.165) is 23.6 Å². The second-order valence-electron chi connectivity index (χ2n) is 3.80. The molecule has 16 heavy (non-hydrogen) atoms. The fourth-order valence-electron chi connectivity index (χ4n) is 1.78. The third-order valence-electron chi connectivity index (χ3n) is 2.64. The lowest BCUT2D eigenvalue weighted by atomic mass is 10.1. The molecule has 0 aliphatic carbocycles. The van der Waals surface area contributed by atoms with E-state index >= 15 is 0 Å². The van der Waals surface area contributed by atoms with Gasteiger partial charge in [0.2, 0.25) is 0 Å². The molecular weight excluding hydrogens is 202 g/mol. The van der Waals surface area contributed by atoms with Crippen molar-refractivity contribution in [3.63, 3.8) is 0 Å². The number of hydrogen-bond acceptors (Lipinski definition) is 3. The van der Waals surface area contributed by atoms with Crippen LogP contribution in [0, 0.1) is 6.92 Å². The van der Waals surface area contributed by atoms with Crippen LogP contribution in [0.1, 0.15) is 30.0 Å². The summed E-state index contributed by atoms with van der Waals surface area (Å²) in [5.41, 5.74) is 1.12. The molecule has 0 amide bonds. The minimum atomic E-state index is 0.0778. The van der Waals surface area contributed by atoms with E-state index in [0.29, 0.717) is 0 Å². The molecule has 1 unspecified atom stereocenters. The molecule has 0 aliphatic rings.